The van der Waals surface area contributed by atoms with Crippen molar-refractivity contribution < 1.29 is 14.6 Å². The summed E-state index contributed by atoms with van der Waals surface area (Å²) in [7, 11) is 0. The Balaban J connectivity index is 1.98. The fraction of sp³-hybridized carbons (Fsp3) is 0.933. The van der Waals surface area contributed by atoms with Crippen molar-refractivity contribution in [2.45, 2.75) is 76.7 Å². The zero-order chi connectivity index (χ0) is 15.0. The van der Waals surface area contributed by atoms with Crippen molar-refractivity contribution in [1.82, 2.24) is 5.32 Å². The van der Waals surface area contributed by atoms with E-state index in [1.54, 1.807) is 0 Å². The Bertz CT molecular complexity index is 362. The van der Waals surface area contributed by atoms with E-state index in [1.165, 1.54) is 0 Å². The molecule has 0 radical (unpaired) electrons. The quantitative estimate of drug-likeness (QED) is 0.677. The largest absolute Gasteiger partial charge is 0.393 e. The molecule has 2 atom stereocenters. The molecule has 116 valence electrons. The van der Waals surface area contributed by atoms with Crippen LogP contribution >= 0.6 is 0 Å². The van der Waals surface area contributed by atoms with E-state index in [0.29, 0.717) is 19.4 Å². The van der Waals surface area contributed by atoms with E-state index in [2.05, 4.69) is 19.2 Å². The van der Waals surface area contributed by atoms with Crippen molar-refractivity contribution in [3.05, 3.63) is 0 Å². The zero-order valence-corrected chi connectivity index (χ0v) is 12.8. The molecule has 5 heteroatoms. The number of ether oxygens (including phenoxy) is 1. The SMILES string of the molecule is CCOC1CC(NC(=O)C2(N)CC(O)C2)C1(CC)CC. The Labute approximate surface area is 121 Å². The Morgan fingerprint density at radius 2 is 1.95 bits per heavy atom. The van der Waals surface area contributed by atoms with Crippen molar-refractivity contribution in [2.75, 3.05) is 6.61 Å². The lowest BCUT2D eigenvalue weighted by molar-refractivity contribution is -0.155. The highest BCUT2D eigenvalue weighted by atomic mass is 16.5. The molecule has 0 heterocycles. The van der Waals surface area contributed by atoms with Crippen LogP contribution in [0.3, 0.4) is 0 Å². The van der Waals surface area contributed by atoms with Crippen LogP contribution in [0.5, 0.6) is 0 Å². The highest BCUT2D eigenvalue weighted by Gasteiger charge is 2.56. The molecular formula is C15H28N2O3. The van der Waals surface area contributed by atoms with Gasteiger partial charge in [0.25, 0.3) is 0 Å². The number of hydrogen-bond donors (Lipinski definition) is 3. The third-order valence-corrected chi connectivity index (χ3v) is 5.43. The van der Waals surface area contributed by atoms with Crippen LogP contribution in [0.25, 0.3) is 0 Å². The topological polar surface area (TPSA) is 84.6 Å². The summed E-state index contributed by atoms with van der Waals surface area (Å²) < 4.78 is 5.81. The molecule has 0 aromatic rings. The molecule has 0 saturated heterocycles. The second-order valence-corrected chi connectivity index (χ2v) is 6.36. The molecule has 1 amide bonds. The first-order valence-corrected chi connectivity index (χ1v) is 7.81. The van der Waals surface area contributed by atoms with Crippen LogP contribution in [-0.2, 0) is 9.53 Å². The smallest absolute Gasteiger partial charge is 0.240 e. The number of nitrogens with one attached hydrogen (secondary N) is 1. The van der Waals surface area contributed by atoms with E-state index in [0.717, 1.165) is 19.3 Å². The van der Waals surface area contributed by atoms with Gasteiger partial charge in [-0.25, -0.2) is 0 Å². The van der Waals surface area contributed by atoms with Gasteiger partial charge in [0.15, 0.2) is 0 Å². The molecule has 0 spiro atoms. The van der Waals surface area contributed by atoms with E-state index in [-0.39, 0.29) is 23.5 Å². The van der Waals surface area contributed by atoms with E-state index in [9.17, 15) is 9.90 Å². The number of aliphatic hydroxyl groups is 1. The van der Waals surface area contributed by atoms with Gasteiger partial charge in [-0.05, 0) is 26.2 Å². The van der Waals surface area contributed by atoms with Crippen LogP contribution in [0.1, 0.15) is 52.9 Å². The maximum Gasteiger partial charge on any atom is 0.240 e. The van der Waals surface area contributed by atoms with Crippen LogP contribution in [0.2, 0.25) is 0 Å². The molecular weight excluding hydrogens is 256 g/mol. The Kier molecular flexibility index (Phi) is 4.42. The minimum Gasteiger partial charge on any atom is -0.393 e. The van der Waals surface area contributed by atoms with Gasteiger partial charge in [-0.3, -0.25) is 4.79 Å². The summed E-state index contributed by atoms with van der Waals surface area (Å²) in [6.45, 7) is 7.02. The number of rotatable bonds is 6. The molecule has 2 aliphatic carbocycles. The maximum atomic E-state index is 12.3. The van der Waals surface area contributed by atoms with Crippen LogP contribution in [-0.4, -0.2) is 41.4 Å². The van der Waals surface area contributed by atoms with Gasteiger partial charge < -0.3 is 20.9 Å². The third kappa shape index (κ3) is 2.36. The molecule has 0 aromatic carbocycles. The molecule has 0 aromatic heterocycles. The second-order valence-electron chi connectivity index (χ2n) is 6.36. The van der Waals surface area contributed by atoms with Crippen LogP contribution in [0, 0.1) is 5.41 Å². The average molecular weight is 284 g/mol. The van der Waals surface area contributed by atoms with Gasteiger partial charge in [0.05, 0.1) is 12.2 Å². The average Bonchev–Trinajstić information content (AvgIpc) is 2.37. The van der Waals surface area contributed by atoms with Crippen LogP contribution in [0.15, 0.2) is 0 Å². The first-order valence-electron chi connectivity index (χ1n) is 7.81. The molecule has 2 saturated carbocycles. The molecule has 4 N–H and O–H groups in total. The number of nitrogens with two attached hydrogens (primary N) is 1. The highest BCUT2D eigenvalue weighted by Crippen LogP contribution is 2.49. The van der Waals surface area contributed by atoms with Crippen molar-refractivity contribution in [1.29, 1.82) is 0 Å². The van der Waals surface area contributed by atoms with Crippen molar-refractivity contribution in [2.24, 2.45) is 11.1 Å². The summed E-state index contributed by atoms with van der Waals surface area (Å²) in [5.41, 5.74) is 5.19. The standard InChI is InChI=1S/C15H28N2O3/c1-4-14(5-2)11(7-12(14)20-6-3)17-13(19)15(16)8-10(18)9-15/h10-12,18H,4-9,16H2,1-3H3,(H,17,19). The fourth-order valence-electron chi connectivity index (χ4n) is 3.85. The summed E-state index contributed by atoms with van der Waals surface area (Å²) >= 11 is 0. The first-order chi connectivity index (χ1) is 9.41. The summed E-state index contributed by atoms with van der Waals surface area (Å²) in [5, 5.41) is 12.5. The summed E-state index contributed by atoms with van der Waals surface area (Å²) in [6.07, 6.45) is 3.37. The minimum absolute atomic E-state index is 0.0321. The highest BCUT2D eigenvalue weighted by molar-refractivity contribution is 5.87. The maximum absolute atomic E-state index is 12.3. The lowest BCUT2D eigenvalue weighted by Crippen LogP contribution is -2.70. The number of carbonyl (C=O) groups excluding carboxylic acids is 1. The lowest BCUT2D eigenvalue weighted by atomic mass is 9.58. The Morgan fingerprint density at radius 1 is 1.35 bits per heavy atom. The predicted octanol–water partition coefficient (Wildman–Crippen LogP) is 0.939. The summed E-state index contributed by atoms with van der Waals surface area (Å²) in [4.78, 5) is 12.3. The van der Waals surface area contributed by atoms with Gasteiger partial charge in [-0.1, -0.05) is 13.8 Å². The second kappa shape index (κ2) is 5.62. The molecule has 2 unspecified atom stereocenters. The van der Waals surface area contributed by atoms with Gasteiger partial charge in [0.1, 0.15) is 5.54 Å². The monoisotopic (exact) mass is 284 g/mol. The minimum atomic E-state index is -0.872. The molecule has 20 heavy (non-hydrogen) atoms. The predicted molar refractivity (Wildman–Crippen MR) is 77.1 cm³/mol. The molecule has 0 aliphatic heterocycles. The normalized spacial score (nSPS) is 38.8. The molecule has 5 nitrogen and oxygen atoms in total. The van der Waals surface area contributed by atoms with Crippen LogP contribution < -0.4 is 11.1 Å². The van der Waals surface area contributed by atoms with Crippen molar-refractivity contribution in [3.63, 3.8) is 0 Å². The van der Waals surface area contributed by atoms with Gasteiger partial charge in [-0.2, -0.15) is 0 Å². The van der Waals surface area contributed by atoms with E-state index >= 15 is 0 Å². The first kappa shape index (κ1) is 15.7. The van der Waals surface area contributed by atoms with E-state index in [1.807, 2.05) is 6.92 Å². The number of amides is 1. The van der Waals surface area contributed by atoms with Gasteiger partial charge >= 0.3 is 0 Å². The molecule has 2 rings (SSSR count). The third-order valence-electron chi connectivity index (χ3n) is 5.43. The van der Waals surface area contributed by atoms with Crippen molar-refractivity contribution >= 4 is 5.91 Å². The number of carbonyl (C=O) groups is 1. The van der Waals surface area contributed by atoms with E-state index in [4.69, 9.17) is 10.5 Å². The molecule has 2 aliphatic rings. The van der Waals surface area contributed by atoms with Gasteiger partial charge in [0, 0.05) is 30.9 Å². The van der Waals surface area contributed by atoms with E-state index < -0.39 is 11.6 Å². The zero-order valence-electron chi connectivity index (χ0n) is 12.8. The number of hydrogen-bond acceptors (Lipinski definition) is 4. The summed E-state index contributed by atoms with van der Waals surface area (Å²) in [5.74, 6) is -0.117. The van der Waals surface area contributed by atoms with Crippen LogP contribution in [0.4, 0.5) is 0 Å². The molecule has 2 fully saturated rings. The van der Waals surface area contributed by atoms with Gasteiger partial charge in [-0.15, -0.1) is 0 Å². The molecule has 0 bridgehead atoms. The van der Waals surface area contributed by atoms with Gasteiger partial charge in [0.2, 0.25) is 5.91 Å². The fourth-order valence-corrected chi connectivity index (χ4v) is 3.85. The van der Waals surface area contributed by atoms with Crippen molar-refractivity contribution in [3.8, 4) is 0 Å². The lowest BCUT2D eigenvalue weighted by Gasteiger charge is -2.56. The Hall–Kier alpha value is -0.650. The Morgan fingerprint density at radius 3 is 2.40 bits per heavy atom. The summed E-state index contributed by atoms with van der Waals surface area (Å²) in [6, 6.07) is 0.139. The number of aliphatic hydroxyl groups excluding tert-OH is 1.